The Morgan fingerprint density at radius 3 is 2.70 bits per heavy atom. The third kappa shape index (κ3) is 4.43. The van der Waals surface area contributed by atoms with Gasteiger partial charge in [-0.2, -0.15) is 0 Å². The van der Waals surface area contributed by atoms with Crippen molar-refractivity contribution >= 4 is 5.91 Å². The zero-order valence-electron chi connectivity index (χ0n) is 12.9. The van der Waals surface area contributed by atoms with Crippen molar-refractivity contribution in [3.05, 3.63) is 0 Å². The van der Waals surface area contributed by atoms with Gasteiger partial charge in [-0.25, -0.2) is 0 Å². The van der Waals surface area contributed by atoms with Gasteiger partial charge in [0.25, 0.3) is 0 Å². The first kappa shape index (κ1) is 15.7. The summed E-state index contributed by atoms with van der Waals surface area (Å²) < 4.78 is 5.29. The summed E-state index contributed by atoms with van der Waals surface area (Å²) in [7, 11) is 0. The molecule has 2 heterocycles. The zero-order valence-corrected chi connectivity index (χ0v) is 12.9. The van der Waals surface area contributed by atoms with Crippen molar-refractivity contribution in [2.24, 2.45) is 5.92 Å². The molecule has 0 spiro atoms. The summed E-state index contributed by atoms with van der Waals surface area (Å²) >= 11 is 0. The van der Waals surface area contributed by atoms with Gasteiger partial charge in [0.2, 0.25) is 5.91 Å². The number of hydrogen-bond acceptors (Lipinski definition) is 4. The Hall–Kier alpha value is -0.650. The zero-order chi connectivity index (χ0) is 14.4. The first-order chi connectivity index (χ1) is 9.70. The number of hydrogen-bond donors (Lipinski definition) is 1. The molecule has 2 atom stereocenters. The van der Waals surface area contributed by atoms with Crippen molar-refractivity contribution < 1.29 is 9.53 Å². The standard InChI is InChI=1S/C15H29N3O2/c1-3-5-16-14-4-6-17(11-13(14)2)12-15(19)18-7-9-20-10-8-18/h13-14,16H,3-12H2,1-2H3. The number of likely N-dealkylation sites (tertiary alicyclic amines) is 1. The molecule has 0 aromatic carbocycles. The number of amides is 1. The lowest BCUT2D eigenvalue weighted by molar-refractivity contribution is -0.137. The van der Waals surface area contributed by atoms with Crippen LogP contribution in [0, 0.1) is 5.92 Å². The molecule has 0 bridgehead atoms. The first-order valence-corrected chi connectivity index (χ1v) is 8.02. The van der Waals surface area contributed by atoms with Gasteiger partial charge < -0.3 is 15.0 Å². The van der Waals surface area contributed by atoms with Crippen LogP contribution in [0.1, 0.15) is 26.7 Å². The fourth-order valence-electron chi connectivity index (χ4n) is 3.11. The Bertz CT molecular complexity index is 305. The molecule has 1 N–H and O–H groups in total. The second-order valence-electron chi connectivity index (χ2n) is 6.05. The van der Waals surface area contributed by atoms with Gasteiger partial charge in [-0.15, -0.1) is 0 Å². The van der Waals surface area contributed by atoms with Crippen LogP contribution < -0.4 is 5.32 Å². The molecule has 2 saturated heterocycles. The Balaban J connectivity index is 1.73. The summed E-state index contributed by atoms with van der Waals surface area (Å²) in [4.78, 5) is 16.5. The van der Waals surface area contributed by atoms with Crippen molar-refractivity contribution in [3.8, 4) is 0 Å². The Labute approximate surface area is 122 Å². The maximum atomic E-state index is 12.2. The van der Waals surface area contributed by atoms with Crippen LogP contribution in [0.3, 0.4) is 0 Å². The van der Waals surface area contributed by atoms with E-state index in [1.54, 1.807) is 0 Å². The average molecular weight is 283 g/mol. The largest absolute Gasteiger partial charge is 0.378 e. The summed E-state index contributed by atoms with van der Waals surface area (Å²) in [5.74, 6) is 0.883. The van der Waals surface area contributed by atoms with Gasteiger partial charge in [-0.05, 0) is 25.3 Å². The van der Waals surface area contributed by atoms with Crippen LogP contribution in [0.5, 0.6) is 0 Å². The van der Waals surface area contributed by atoms with Gasteiger partial charge in [0.1, 0.15) is 0 Å². The highest BCUT2D eigenvalue weighted by molar-refractivity contribution is 5.78. The minimum atomic E-state index is 0.264. The molecule has 2 unspecified atom stereocenters. The third-order valence-corrected chi connectivity index (χ3v) is 4.37. The summed E-state index contributed by atoms with van der Waals surface area (Å²) in [6.45, 7) is 11.1. The molecule has 20 heavy (non-hydrogen) atoms. The maximum Gasteiger partial charge on any atom is 0.236 e. The second kappa shape index (κ2) is 7.96. The van der Waals surface area contributed by atoms with Crippen LogP contribution >= 0.6 is 0 Å². The highest BCUT2D eigenvalue weighted by Crippen LogP contribution is 2.17. The highest BCUT2D eigenvalue weighted by Gasteiger charge is 2.27. The predicted molar refractivity (Wildman–Crippen MR) is 79.7 cm³/mol. The van der Waals surface area contributed by atoms with E-state index in [4.69, 9.17) is 4.74 Å². The molecule has 0 saturated carbocycles. The topological polar surface area (TPSA) is 44.8 Å². The number of rotatable bonds is 5. The number of nitrogens with one attached hydrogen (secondary N) is 1. The van der Waals surface area contributed by atoms with Crippen LogP contribution in [0.2, 0.25) is 0 Å². The van der Waals surface area contributed by atoms with Crippen LogP contribution in [0.15, 0.2) is 0 Å². The Morgan fingerprint density at radius 2 is 2.05 bits per heavy atom. The summed E-state index contributed by atoms with van der Waals surface area (Å²) in [5.41, 5.74) is 0. The minimum Gasteiger partial charge on any atom is -0.378 e. The van der Waals surface area contributed by atoms with Gasteiger partial charge in [0.05, 0.1) is 19.8 Å². The van der Waals surface area contributed by atoms with E-state index in [1.807, 2.05) is 4.90 Å². The Morgan fingerprint density at radius 1 is 1.30 bits per heavy atom. The summed E-state index contributed by atoms with van der Waals surface area (Å²) in [6, 6.07) is 0.615. The molecule has 2 fully saturated rings. The second-order valence-corrected chi connectivity index (χ2v) is 6.05. The van der Waals surface area contributed by atoms with Crippen molar-refractivity contribution in [2.75, 3.05) is 52.5 Å². The number of ether oxygens (including phenoxy) is 1. The fourth-order valence-corrected chi connectivity index (χ4v) is 3.11. The number of carbonyl (C=O) groups excluding carboxylic acids is 1. The summed E-state index contributed by atoms with van der Waals surface area (Å²) in [6.07, 6.45) is 2.33. The lowest BCUT2D eigenvalue weighted by Gasteiger charge is -2.38. The summed E-state index contributed by atoms with van der Waals surface area (Å²) in [5, 5.41) is 3.62. The van der Waals surface area contributed by atoms with Crippen LogP contribution in [-0.4, -0.2) is 74.2 Å². The SMILES string of the molecule is CCCNC1CCN(CC(=O)N2CCOCC2)CC1C. The van der Waals surface area contributed by atoms with E-state index >= 15 is 0 Å². The minimum absolute atomic E-state index is 0.264. The molecule has 0 aliphatic carbocycles. The van der Waals surface area contributed by atoms with Crippen LogP contribution in [0.25, 0.3) is 0 Å². The Kier molecular flexibility index (Phi) is 6.26. The highest BCUT2D eigenvalue weighted by atomic mass is 16.5. The molecular formula is C15H29N3O2. The monoisotopic (exact) mass is 283 g/mol. The predicted octanol–water partition coefficient (Wildman–Crippen LogP) is 0.555. The van der Waals surface area contributed by atoms with Gasteiger partial charge >= 0.3 is 0 Å². The van der Waals surface area contributed by atoms with Gasteiger partial charge in [-0.1, -0.05) is 13.8 Å². The van der Waals surface area contributed by atoms with Crippen LogP contribution in [-0.2, 0) is 9.53 Å². The molecule has 2 aliphatic heterocycles. The molecular weight excluding hydrogens is 254 g/mol. The maximum absolute atomic E-state index is 12.2. The van der Waals surface area contributed by atoms with Gasteiger partial charge in [0.15, 0.2) is 0 Å². The molecule has 1 amide bonds. The van der Waals surface area contributed by atoms with E-state index in [0.717, 1.165) is 39.1 Å². The quantitative estimate of drug-likeness (QED) is 0.800. The van der Waals surface area contributed by atoms with Crippen molar-refractivity contribution in [1.29, 1.82) is 0 Å². The normalized spacial score (nSPS) is 28.6. The van der Waals surface area contributed by atoms with Crippen molar-refractivity contribution in [2.45, 2.75) is 32.7 Å². The molecule has 5 heteroatoms. The van der Waals surface area contributed by atoms with E-state index in [9.17, 15) is 4.79 Å². The number of carbonyl (C=O) groups is 1. The smallest absolute Gasteiger partial charge is 0.236 e. The number of morpholine rings is 1. The van der Waals surface area contributed by atoms with E-state index in [-0.39, 0.29) is 5.91 Å². The molecule has 2 aliphatic rings. The molecule has 116 valence electrons. The first-order valence-electron chi connectivity index (χ1n) is 8.02. The lowest BCUT2D eigenvalue weighted by Crippen LogP contribution is -2.52. The molecule has 0 radical (unpaired) electrons. The van der Waals surface area contributed by atoms with Crippen molar-refractivity contribution in [3.63, 3.8) is 0 Å². The average Bonchev–Trinajstić information content (AvgIpc) is 2.47. The molecule has 2 rings (SSSR count). The fraction of sp³-hybridized carbons (Fsp3) is 0.933. The number of piperidine rings is 1. The third-order valence-electron chi connectivity index (χ3n) is 4.37. The van der Waals surface area contributed by atoms with E-state index in [0.29, 0.717) is 31.7 Å². The molecule has 0 aromatic heterocycles. The number of nitrogens with zero attached hydrogens (tertiary/aromatic N) is 2. The molecule has 5 nitrogen and oxygen atoms in total. The molecule has 0 aromatic rings. The van der Waals surface area contributed by atoms with E-state index < -0.39 is 0 Å². The van der Waals surface area contributed by atoms with Gasteiger partial charge in [-0.3, -0.25) is 9.69 Å². The van der Waals surface area contributed by atoms with Gasteiger partial charge in [0, 0.05) is 32.2 Å². The van der Waals surface area contributed by atoms with E-state index in [1.165, 1.54) is 6.42 Å². The van der Waals surface area contributed by atoms with Crippen molar-refractivity contribution in [1.82, 2.24) is 15.1 Å². The van der Waals surface area contributed by atoms with E-state index in [2.05, 4.69) is 24.1 Å². The lowest BCUT2D eigenvalue weighted by atomic mass is 9.93. The van der Waals surface area contributed by atoms with Crippen LogP contribution in [0.4, 0.5) is 0 Å².